The van der Waals surface area contributed by atoms with Gasteiger partial charge in [0.1, 0.15) is 0 Å². The maximum atomic E-state index is 5.34. The lowest BCUT2D eigenvalue weighted by molar-refractivity contribution is 0.0372. The van der Waals surface area contributed by atoms with Gasteiger partial charge in [0.2, 0.25) is 0 Å². The summed E-state index contributed by atoms with van der Waals surface area (Å²) in [6.07, 6.45) is 8.34. The molecule has 2 aliphatic rings. The van der Waals surface area contributed by atoms with Crippen LogP contribution in [0.1, 0.15) is 38.5 Å². The zero-order valence-corrected chi connectivity index (χ0v) is 11.6. The van der Waals surface area contributed by atoms with Gasteiger partial charge in [-0.15, -0.1) is 12.4 Å². The lowest BCUT2D eigenvalue weighted by Crippen LogP contribution is -2.37. The Hall–Kier alpha value is 0.170. The van der Waals surface area contributed by atoms with E-state index in [1.165, 1.54) is 51.6 Å². The van der Waals surface area contributed by atoms with E-state index in [-0.39, 0.29) is 12.4 Å². The fraction of sp³-hybridized carbons (Fsp3) is 1.00. The van der Waals surface area contributed by atoms with Gasteiger partial charge in [-0.1, -0.05) is 12.8 Å². The Morgan fingerprint density at radius 3 is 2.47 bits per heavy atom. The smallest absolute Gasteiger partial charge is 0.0594 e. The number of morpholine rings is 1. The second-order valence-electron chi connectivity index (χ2n) is 5.10. The van der Waals surface area contributed by atoms with Crippen molar-refractivity contribution in [1.29, 1.82) is 0 Å². The maximum absolute atomic E-state index is 5.34. The second kappa shape index (κ2) is 9.15. The summed E-state index contributed by atoms with van der Waals surface area (Å²) in [5, 5.41) is 3.68. The van der Waals surface area contributed by atoms with E-state index in [1.54, 1.807) is 0 Å². The zero-order chi connectivity index (χ0) is 11.1. The third-order valence-electron chi connectivity index (χ3n) is 3.79. The Balaban J connectivity index is 0.00000144. The largest absolute Gasteiger partial charge is 0.379 e. The highest BCUT2D eigenvalue weighted by Gasteiger charge is 2.13. The second-order valence-corrected chi connectivity index (χ2v) is 5.10. The number of unbranched alkanes of at least 4 members (excludes halogenated alkanes) is 1. The Labute approximate surface area is 112 Å². The standard InChI is InChI=1S/C13H26N2O.ClH/c1-2-6-13(5-1)14-7-3-4-8-15-9-11-16-12-10-15;/h13-14H,1-12H2;1H. The minimum atomic E-state index is 0. The monoisotopic (exact) mass is 262 g/mol. The molecule has 0 spiro atoms. The van der Waals surface area contributed by atoms with E-state index in [0.29, 0.717) is 0 Å². The van der Waals surface area contributed by atoms with Gasteiger partial charge < -0.3 is 10.1 Å². The molecule has 0 aromatic carbocycles. The summed E-state index contributed by atoms with van der Waals surface area (Å²) >= 11 is 0. The van der Waals surface area contributed by atoms with Crippen LogP contribution in [0.15, 0.2) is 0 Å². The average Bonchev–Trinajstić information content (AvgIpc) is 2.83. The molecule has 1 saturated heterocycles. The Morgan fingerprint density at radius 2 is 1.76 bits per heavy atom. The molecule has 0 bridgehead atoms. The third kappa shape index (κ3) is 6.05. The van der Waals surface area contributed by atoms with Gasteiger partial charge in [-0.25, -0.2) is 0 Å². The van der Waals surface area contributed by atoms with Crippen LogP contribution in [0, 0.1) is 0 Å². The molecular formula is C13H27ClN2O. The van der Waals surface area contributed by atoms with E-state index in [2.05, 4.69) is 10.2 Å². The van der Waals surface area contributed by atoms with Crippen molar-refractivity contribution in [2.75, 3.05) is 39.4 Å². The molecule has 2 fully saturated rings. The molecule has 0 atom stereocenters. The molecule has 1 heterocycles. The van der Waals surface area contributed by atoms with Crippen LogP contribution >= 0.6 is 12.4 Å². The van der Waals surface area contributed by atoms with Crippen LogP contribution in [-0.4, -0.2) is 50.3 Å². The summed E-state index contributed by atoms with van der Waals surface area (Å²) in [7, 11) is 0. The van der Waals surface area contributed by atoms with Crippen LogP contribution in [0.2, 0.25) is 0 Å². The van der Waals surface area contributed by atoms with Crippen LogP contribution in [-0.2, 0) is 4.74 Å². The number of nitrogens with zero attached hydrogens (tertiary/aromatic N) is 1. The molecule has 1 aliphatic carbocycles. The molecule has 2 rings (SSSR count). The molecule has 3 nitrogen and oxygen atoms in total. The van der Waals surface area contributed by atoms with E-state index in [9.17, 15) is 0 Å². The van der Waals surface area contributed by atoms with Crippen LogP contribution in [0.3, 0.4) is 0 Å². The van der Waals surface area contributed by atoms with E-state index in [0.717, 1.165) is 32.3 Å². The van der Waals surface area contributed by atoms with Gasteiger partial charge in [-0.3, -0.25) is 4.90 Å². The highest BCUT2D eigenvalue weighted by Crippen LogP contribution is 2.17. The lowest BCUT2D eigenvalue weighted by atomic mass is 10.2. The highest BCUT2D eigenvalue weighted by molar-refractivity contribution is 5.85. The lowest BCUT2D eigenvalue weighted by Gasteiger charge is -2.26. The van der Waals surface area contributed by atoms with Crippen molar-refractivity contribution in [2.24, 2.45) is 0 Å². The van der Waals surface area contributed by atoms with Crippen molar-refractivity contribution in [3.8, 4) is 0 Å². The first-order valence-electron chi connectivity index (χ1n) is 6.98. The van der Waals surface area contributed by atoms with Gasteiger partial charge in [0.15, 0.2) is 0 Å². The number of nitrogens with one attached hydrogen (secondary N) is 1. The first kappa shape index (κ1) is 15.2. The molecular weight excluding hydrogens is 236 g/mol. The molecule has 1 N–H and O–H groups in total. The Bertz CT molecular complexity index is 180. The first-order valence-corrected chi connectivity index (χ1v) is 6.98. The van der Waals surface area contributed by atoms with Crippen molar-refractivity contribution >= 4 is 12.4 Å². The molecule has 0 aromatic heterocycles. The van der Waals surface area contributed by atoms with Crippen molar-refractivity contribution in [3.05, 3.63) is 0 Å². The van der Waals surface area contributed by atoms with E-state index >= 15 is 0 Å². The van der Waals surface area contributed by atoms with Crippen LogP contribution < -0.4 is 5.32 Å². The molecule has 1 aliphatic heterocycles. The fourth-order valence-corrected chi connectivity index (χ4v) is 2.72. The predicted molar refractivity (Wildman–Crippen MR) is 74.0 cm³/mol. The van der Waals surface area contributed by atoms with Crippen molar-refractivity contribution in [1.82, 2.24) is 10.2 Å². The molecule has 0 amide bonds. The van der Waals surface area contributed by atoms with Gasteiger partial charge in [-0.05, 0) is 38.8 Å². The Morgan fingerprint density at radius 1 is 1.06 bits per heavy atom. The first-order chi connectivity index (χ1) is 7.95. The van der Waals surface area contributed by atoms with Crippen LogP contribution in [0.5, 0.6) is 0 Å². The summed E-state index contributed by atoms with van der Waals surface area (Å²) in [5.74, 6) is 0. The maximum Gasteiger partial charge on any atom is 0.0594 e. The quantitative estimate of drug-likeness (QED) is 0.742. The molecule has 0 radical (unpaired) electrons. The summed E-state index contributed by atoms with van der Waals surface area (Å²) in [6.45, 7) is 6.61. The van der Waals surface area contributed by atoms with Crippen molar-refractivity contribution < 1.29 is 4.74 Å². The molecule has 102 valence electrons. The summed E-state index contributed by atoms with van der Waals surface area (Å²) < 4.78 is 5.34. The number of halogens is 1. The van der Waals surface area contributed by atoms with Gasteiger partial charge >= 0.3 is 0 Å². The molecule has 17 heavy (non-hydrogen) atoms. The number of hydrogen-bond acceptors (Lipinski definition) is 3. The van der Waals surface area contributed by atoms with Gasteiger partial charge in [0.05, 0.1) is 13.2 Å². The molecule has 0 aromatic rings. The zero-order valence-electron chi connectivity index (χ0n) is 10.8. The normalized spacial score (nSPS) is 22.6. The SMILES string of the molecule is C(CCN1CCOCC1)CNC1CCCC1.Cl. The highest BCUT2D eigenvalue weighted by atomic mass is 35.5. The van der Waals surface area contributed by atoms with Crippen LogP contribution in [0.25, 0.3) is 0 Å². The van der Waals surface area contributed by atoms with Gasteiger partial charge in [0, 0.05) is 19.1 Å². The molecule has 0 unspecified atom stereocenters. The van der Waals surface area contributed by atoms with Gasteiger partial charge in [-0.2, -0.15) is 0 Å². The average molecular weight is 263 g/mol. The minimum absolute atomic E-state index is 0. The summed E-state index contributed by atoms with van der Waals surface area (Å²) in [4.78, 5) is 2.53. The van der Waals surface area contributed by atoms with E-state index in [1.807, 2.05) is 0 Å². The third-order valence-corrected chi connectivity index (χ3v) is 3.79. The van der Waals surface area contributed by atoms with Gasteiger partial charge in [0.25, 0.3) is 0 Å². The molecule has 4 heteroatoms. The van der Waals surface area contributed by atoms with E-state index < -0.39 is 0 Å². The van der Waals surface area contributed by atoms with E-state index in [4.69, 9.17) is 4.74 Å². The molecule has 1 saturated carbocycles. The summed E-state index contributed by atoms with van der Waals surface area (Å²) in [6, 6.07) is 0.836. The minimum Gasteiger partial charge on any atom is -0.379 e. The number of rotatable bonds is 6. The van der Waals surface area contributed by atoms with Crippen LogP contribution in [0.4, 0.5) is 0 Å². The number of hydrogen-bond donors (Lipinski definition) is 1. The predicted octanol–water partition coefficient (Wildman–Crippen LogP) is 2.05. The number of ether oxygens (including phenoxy) is 1. The summed E-state index contributed by atoms with van der Waals surface area (Å²) in [5.41, 5.74) is 0. The fourth-order valence-electron chi connectivity index (χ4n) is 2.72. The Kier molecular flexibility index (Phi) is 8.19. The topological polar surface area (TPSA) is 24.5 Å². The van der Waals surface area contributed by atoms with Crippen molar-refractivity contribution in [3.63, 3.8) is 0 Å². The van der Waals surface area contributed by atoms with Crippen molar-refractivity contribution in [2.45, 2.75) is 44.6 Å².